The van der Waals surface area contributed by atoms with Gasteiger partial charge in [0.1, 0.15) is 11.4 Å². The van der Waals surface area contributed by atoms with Crippen LogP contribution in [0.4, 0.5) is 26.3 Å². The molecule has 0 amide bonds. The number of alkyl halides is 6. The van der Waals surface area contributed by atoms with E-state index in [1.54, 1.807) is 0 Å². The average molecular weight is 554 g/mol. The highest BCUT2D eigenvalue weighted by molar-refractivity contribution is 5.34. The van der Waals surface area contributed by atoms with E-state index in [4.69, 9.17) is 4.74 Å². The molecule has 0 bridgehead atoms. The van der Waals surface area contributed by atoms with Crippen molar-refractivity contribution in [2.24, 2.45) is 11.3 Å². The number of fused-ring (bicyclic) bond motifs is 1. The van der Waals surface area contributed by atoms with Crippen LogP contribution in [0.5, 0.6) is 0 Å². The van der Waals surface area contributed by atoms with Crippen molar-refractivity contribution in [3.05, 3.63) is 82.2 Å². The van der Waals surface area contributed by atoms with Crippen LogP contribution in [0.15, 0.2) is 48.5 Å². The standard InChI is InChI=1S/C27H29F6N5O/c1-37(2)13-22-23(35-36-34-22)14-38-12-21-11-25(21,24(38)18-6-4-3-5-7-18)16-39-15-17-8-19(26(28,29)30)10-20(9-17)27(31,32)33/h3-10,21,24H,11-16H2,1-2H3,(H,34,35,36)/t21?,24-,25-/m0/s1. The van der Waals surface area contributed by atoms with Crippen LogP contribution in [0.2, 0.25) is 0 Å². The number of likely N-dealkylation sites (tertiary alicyclic amines) is 1. The van der Waals surface area contributed by atoms with Crippen molar-refractivity contribution in [2.75, 3.05) is 27.2 Å². The summed E-state index contributed by atoms with van der Waals surface area (Å²) in [6.07, 6.45) is -8.93. The van der Waals surface area contributed by atoms with Gasteiger partial charge in [-0.05, 0) is 55.8 Å². The number of nitrogens with zero attached hydrogens (tertiary/aromatic N) is 4. The zero-order valence-electron chi connectivity index (χ0n) is 21.5. The second-order valence-corrected chi connectivity index (χ2v) is 10.7. The number of ether oxygens (including phenoxy) is 1. The second kappa shape index (κ2) is 10.2. The van der Waals surface area contributed by atoms with E-state index in [1.807, 2.05) is 49.3 Å². The topological polar surface area (TPSA) is 57.3 Å². The number of rotatable bonds is 9. The highest BCUT2D eigenvalue weighted by Crippen LogP contribution is 2.67. The van der Waals surface area contributed by atoms with Gasteiger partial charge in [0.15, 0.2) is 0 Å². The van der Waals surface area contributed by atoms with Crippen molar-refractivity contribution in [3.63, 3.8) is 0 Å². The number of benzene rings is 2. The van der Waals surface area contributed by atoms with Gasteiger partial charge in [0.25, 0.3) is 0 Å². The van der Waals surface area contributed by atoms with Gasteiger partial charge in [-0.1, -0.05) is 30.3 Å². The van der Waals surface area contributed by atoms with Gasteiger partial charge in [-0.3, -0.25) is 4.90 Å². The molecular weight excluding hydrogens is 524 g/mol. The summed E-state index contributed by atoms with van der Waals surface area (Å²) in [5.74, 6) is 0.291. The normalized spacial score (nSPS) is 23.4. The minimum Gasteiger partial charge on any atom is -0.376 e. The second-order valence-electron chi connectivity index (χ2n) is 10.7. The summed E-state index contributed by atoms with van der Waals surface area (Å²) in [5, 5.41) is 11.4. The third-order valence-corrected chi connectivity index (χ3v) is 7.57. The quantitative estimate of drug-likeness (QED) is 0.346. The Hall–Kier alpha value is -2.96. The molecule has 1 saturated carbocycles. The summed E-state index contributed by atoms with van der Waals surface area (Å²) in [5.41, 5.74) is -0.359. The van der Waals surface area contributed by atoms with E-state index in [9.17, 15) is 26.3 Å². The molecule has 2 fully saturated rings. The molecule has 2 aromatic carbocycles. The van der Waals surface area contributed by atoms with E-state index in [0.29, 0.717) is 19.0 Å². The Morgan fingerprint density at radius 2 is 1.62 bits per heavy atom. The maximum atomic E-state index is 13.3. The number of hydrogen-bond donors (Lipinski definition) is 1. The van der Waals surface area contributed by atoms with E-state index >= 15 is 0 Å². The zero-order chi connectivity index (χ0) is 28.0. The molecule has 6 nitrogen and oxygen atoms in total. The van der Waals surface area contributed by atoms with Gasteiger partial charge in [0.05, 0.1) is 24.3 Å². The lowest BCUT2D eigenvalue weighted by atomic mass is 9.90. The van der Waals surface area contributed by atoms with Gasteiger partial charge in [0, 0.05) is 31.1 Å². The van der Waals surface area contributed by atoms with Crippen LogP contribution in [0.25, 0.3) is 0 Å². The molecule has 0 radical (unpaired) electrons. The van der Waals surface area contributed by atoms with Crippen LogP contribution >= 0.6 is 0 Å². The van der Waals surface area contributed by atoms with E-state index < -0.39 is 23.5 Å². The maximum absolute atomic E-state index is 13.3. The van der Waals surface area contributed by atoms with Crippen LogP contribution in [0.1, 0.15) is 46.1 Å². The van der Waals surface area contributed by atoms with E-state index in [-0.39, 0.29) is 36.3 Å². The number of halogens is 6. The van der Waals surface area contributed by atoms with E-state index in [2.05, 4.69) is 20.3 Å². The smallest absolute Gasteiger partial charge is 0.376 e. The molecule has 1 unspecified atom stereocenters. The van der Waals surface area contributed by atoms with Gasteiger partial charge < -0.3 is 9.64 Å². The molecule has 5 rings (SSSR count). The number of hydrogen-bond acceptors (Lipinski definition) is 5. The molecule has 1 saturated heterocycles. The van der Waals surface area contributed by atoms with Crippen molar-refractivity contribution in [1.29, 1.82) is 0 Å². The molecule has 1 aromatic heterocycles. The van der Waals surface area contributed by atoms with Crippen LogP contribution < -0.4 is 0 Å². The Kier molecular flexibility index (Phi) is 7.23. The highest BCUT2D eigenvalue weighted by Gasteiger charge is 2.66. The maximum Gasteiger partial charge on any atom is 0.416 e. The molecule has 39 heavy (non-hydrogen) atoms. The fraction of sp³-hybridized carbons (Fsp3) is 0.481. The van der Waals surface area contributed by atoms with Crippen LogP contribution in [0, 0.1) is 11.3 Å². The van der Waals surface area contributed by atoms with Crippen molar-refractivity contribution >= 4 is 0 Å². The van der Waals surface area contributed by atoms with Crippen molar-refractivity contribution < 1.29 is 31.1 Å². The lowest BCUT2D eigenvalue weighted by molar-refractivity contribution is -0.143. The summed E-state index contributed by atoms with van der Waals surface area (Å²) in [4.78, 5) is 4.32. The van der Waals surface area contributed by atoms with Crippen LogP contribution in [-0.4, -0.2) is 52.5 Å². The molecule has 1 aliphatic heterocycles. The highest BCUT2D eigenvalue weighted by atomic mass is 19.4. The summed E-state index contributed by atoms with van der Waals surface area (Å²) < 4.78 is 85.6. The van der Waals surface area contributed by atoms with E-state index in [0.717, 1.165) is 42.0 Å². The fourth-order valence-electron chi connectivity index (χ4n) is 5.80. The number of piperidine rings is 1. The lowest BCUT2D eigenvalue weighted by Crippen LogP contribution is -2.32. The Bertz CT molecular complexity index is 1260. The lowest BCUT2D eigenvalue weighted by Gasteiger charge is -2.32. The molecule has 1 N–H and O–H groups in total. The summed E-state index contributed by atoms with van der Waals surface area (Å²) in [6, 6.07) is 11.4. The predicted molar refractivity (Wildman–Crippen MR) is 130 cm³/mol. The monoisotopic (exact) mass is 553 g/mol. The average Bonchev–Trinajstić information content (AvgIpc) is 3.20. The number of aromatic nitrogens is 3. The fourth-order valence-corrected chi connectivity index (χ4v) is 5.80. The molecular formula is C27H29F6N5O. The summed E-state index contributed by atoms with van der Waals surface area (Å²) in [7, 11) is 3.90. The van der Waals surface area contributed by atoms with Crippen molar-refractivity contribution in [1.82, 2.24) is 25.2 Å². The molecule has 0 spiro atoms. The first-order valence-electron chi connectivity index (χ1n) is 12.6. The van der Waals surface area contributed by atoms with Gasteiger partial charge in [-0.25, -0.2) is 0 Å². The molecule has 3 atom stereocenters. The first-order chi connectivity index (χ1) is 18.4. The Labute approximate surface area is 221 Å². The molecule has 1 aliphatic carbocycles. The van der Waals surface area contributed by atoms with Crippen molar-refractivity contribution in [2.45, 2.75) is 44.5 Å². The summed E-state index contributed by atoms with van der Waals surface area (Å²) >= 11 is 0. The third-order valence-electron chi connectivity index (χ3n) is 7.57. The van der Waals surface area contributed by atoms with E-state index in [1.165, 1.54) is 0 Å². The van der Waals surface area contributed by atoms with Crippen molar-refractivity contribution in [3.8, 4) is 0 Å². The zero-order valence-corrected chi connectivity index (χ0v) is 21.5. The number of H-pyrrole nitrogens is 1. The Morgan fingerprint density at radius 1 is 0.974 bits per heavy atom. The Morgan fingerprint density at radius 3 is 2.23 bits per heavy atom. The first kappa shape index (κ1) is 27.6. The first-order valence-corrected chi connectivity index (χ1v) is 12.6. The molecule has 2 aliphatic rings. The number of nitrogens with one attached hydrogen (secondary N) is 1. The van der Waals surface area contributed by atoms with Gasteiger partial charge >= 0.3 is 12.4 Å². The van der Waals surface area contributed by atoms with Gasteiger partial charge in [-0.15, -0.1) is 0 Å². The SMILES string of the molecule is CN(C)Cc1n[nH]nc1CN1CC2C[C@@]2(COCc2cc(C(F)(F)F)cc(C(F)(F)F)c2)[C@@H]1c1ccccc1. The Balaban J connectivity index is 1.35. The van der Waals surface area contributed by atoms with Gasteiger partial charge in [-0.2, -0.15) is 41.8 Å². The molecule has 3 aromatic rings. The number of aromatic amines is 1. The largest absolute Gasteiger partial charge is 0.416 e. The minimum absolute atomic E-state index is 0.0418. The molecule has 210 valence electrons. The molecule has 2 heterocycles. The van der Waals surface area contributed by atoms with Crippen LogP contribution in [0.3, 0.4) is 0 Å². The third kappa shape index (κ3) is 5.82. The minimum atomic E-state index is -4.90. The molecule has 12 heteroatoms. The van der Waals surface area contributed by atoms with Crippen LogP contribution in [-0.2, 0) is 36.8 Å². The van der Waals surface area contributed by atoms with Gasteiger partial charge in [0.2, 0.25) is 0 Å². The predicted octanol–water partition coefficient (Wildman–Crippen LogP) is 5.68. The summed E-state index contributed by atoms with van der Waals surface area (Å²) in [6.45, 7) is 1.83.